The highest BCUT2D eigenvalue weighted by Gasteiger charge is 2.17. The van der Waals surface area contributed by atoms with Crippen molar-refractivity contribution in [1.82, 2.24) is 10.3 Å². The van der Waals surface area contributed by atoms with Gasteiger partial charge in [0.25, 0.3) is 5.91 Å². The molecule has 0 saturated carbocycles. The number of ether oxygens (including phenoxy) is 4. The normalized spacial score (nSPS) is 10.6. The van der Waals surface area contributed by atoms with E-state index in [1.165, 1.54) is 0 Å². The highest BCUT2D eigenvalue weighted by Crippen LogP contribution is 2.35. The topological polar surface area (TPSA) is 108 Å². The number of hydrogen-bond acceptors (Lipinski definition) is 7. The van der Waals surface area contributed by atoms with Gasteiger partial charge in [0.15, 0.2) is 0 Å². The quantitative estimate of drug-likeness (QED) is 0.273. The highest BCUT2D eigenvalue weighted by molar-refractivity contribution is 6.33. The van der Waals surface area contributed by atoms with Crippen LogP contribution in [0, 0.1) is 0 Å². The van der Waals surface area contributed by atoms with Gasteiger partial charge in [0.2, 0.25) is 0 Å². The summed E-state index contributed by atoms with van der Waals surface area (Å²) in [4.78, 5) is 29.1. The zero-order valence-electron chi connectivity index (χ0n) is 20.1. The van der Waals surface area contributed by atoms with Crippen LogP contribution in [0.15, 0.2) is 72.9 Å². The molecule has 0 bridgehead atoms. The summed E-state index contributed by atoms with van der Waals surface area (Å²) in [6.07, 6.45) is 0.917. The number of pyridine rings is 1. The van der Waals surface area contributed by atoms with Crippen LogP contribution < -0.4 is 24.8 Å². The number of halogens is 1. The first-order valence-corrected chi connectivity index (χ1v) is 11.6. The molecular formula is C27H24ClN3O6. The van der Waals surface area contributed by atoms with Crippen LogP contribution in [-0.4, -0.2) is 44.4 Å². The van der Waals surface area contributed by atoms with Crippen LogP contribution in [0.3, 0.4) is 0 Å². The van der Waals surface area contributed by atoms with Crippen molar-refractivity contribution in [3.05, 3.63) is 83.5 Å². The van der Waals surface area contributed by atoms with Crippen LogP contribution in [0.1, 0.15) is 10.4 Å². The predicted molar refractivity (Wildman–Crippen MR) is 140 cm³/mol. The number of amides is 2. The first-order chi connectivity index (χ1) is 18.0. The Morgan fingerprint density at radius 1 is 0.946 bits per heavy atom. The van der Waals surface area contributed by atoms with E-state index < -0.39 is 6.09 Å². The molecule has 0 atom stereocenters. The molecule has 0 fully saturated rings. The largest absolute Gasteiger partial charge is 0.490 e. The summed E-state index contributed by atoms with van der Waals surface area (Å²) in [5.74, 6) is 1.35. The van der Waals surface area contributed by atoms with Crippen molar-refractivity contribution in [2.45, 2.75) is 0 Å². The van der Waals surface area contributed by atoms with Crippen molar-refractivity contribution in [2.75, 3.05) is 32.7 Å². The monoisotopic (exact) mass is 521 g/mol. The number of anilines is 1. The maximum atomic E-state index is 12.5. The number of nitrogens with one attached hydrogen (secondary N) is 2. The van der Waals surface area contributed by atoms with Crippen LogP contribution in [0.2, 0.25) is 5.02 Å². The molecular weight excluding hydrogens is 498 g/mol. The van der Waals surface area contributed by atoms with Crippen LogP contribution in [0.5, 0.6) is 23.0 Å². The third-order valence-electron chi connectivity index (χ3n) is 5.18. The molecule has 0 unspecified atom stereocenters. The molecule has 0 aliphatic carbocycles. The summed E-state index contributed by atoms with van der Waals surface area (Å²) in [5.41, 5.74) is 1.26. The summed E-state index contributed by atoms with van der Waals surface area (Å²) >= 11 is 6.39. The average Bonchev–Trinajstić information content (AvgIpc) is 2.90. The fraction of sp³-hybridized carbons (Fsp3) is 0.148. The van der Waals surface area contributed by atoms with E-state index in [9.17, 15) is 9.59 Å². The lowest BCUT2D eigenvalue weighted by Crippen LogP contribution is -2.19. The fourth-order valence-corrected chi connectivity index (χ4v) is 3.64. The van der Waals surface area contributed by atoms with Gasteiger partial charge in [0.05, 0.1) is 28.4 Å². The van der Waals surface area contributed by atoms with Crippen molar-refractivity contribution in [3.8, 4) is 23.0 Å². The van der Waals surface area contributed by atoms with Gasteiger partial charge in [-0.2, -0.15) is 0 Å². The second-order valence-electron chi connectivity index (χ2n) is 7.67. The van der Waals surface area contributed by atoms with E-state index in [4.69, 9.17) is 30.5 Å². The number of rotatable bonds is 9. The molecule has 37 heavy (non-hydrogen) atoms. The molecule has 10 heteroatoms. The van der Waals surface area contributed by atoms with Gasteiger partial charge < -0.3 is 24.3 Å². The van der Waals surface area contributed by atoms with Crippen molar-refractivity contribution >= 4 is 40.2 Å². The molecule has 4 rings (SSSR count). The number of methoxy groups -OCH3 is 1. The lowest BCUT2D eigenvalue weighted by atomic mass is 10.1. The predicted octanol–water partition coefficient (Wildman–Crippen LogP) is 5.68. The number of hydrogen-bond donors (Lipinski definition) is 2. The average molecular weight is 522 g/mol. The van der Waals surface area contributed by atoms with Gasteiger partial charge >= 0.3 is 6.09 Å². The van der Waals surface area contributed by atoms with E-state index in [0.29, 0.717) is 51.8 Å². The molecule has 0 aliphatic heterocycles. The van der Waals surface area contributed by atoms with E-state index in [2.05, 4.69) is 15.6 Å². The Balaban J connectivity index is 1.56. The van der Waals surface area contributed by atoms with E-state index >= 15 is 0 Å². The summed E-state index contributed by atoms with van der Waals surface area (Å²) in [7, 11) is 3.11. The van der Waals surface area contributed by atoms with Gasteiger partial charge in [-0.3, -0.25) is 15.1 Å². The lowest BCUT2D eigenvalue weighted by molar-refractivity contribution is 0.0955. The minimum absolute atomic E-state index is 0.251. The van der Waals surface area contributed by atoms with Crippen LogP contribution in [0.25, 0.3) is 10.9 Å². The minimum atomic E-state index is -0.674. The number of nitrogens with zero attached hydrogens (tertiary/aromatic N) is 1. The number of benzene rings is 3. The van der Waals surface area contributed by atoms with Crippen molar-refractivity contribution < 1.29 is 28.5 Å². The summed E-state index contributed by atoms with van der Waals surface area (Å²) in [6, 6.07) is 18.5. The SMILES string of the molecule is CNC(=O)c1cc2c(Oc3ccc(NC(=O)Oc4ccccc4)c(Cl)c3)ccnc2cc1OCCOC. The number of aromatic nitrogens is 1. The van der Waals surface area contributed by atoms with Crippen molar-refractivity contribution in [1.29, 1.82) is 0 Å². The molecule has 0 spiro atoms. The smallest absolute Gasteiger partial charge is 0.417 e. The Kier molecular flexibility index (Phi) is 8.40. The molecule has 190 valence electrons. The van der Waals surface area contributed by atoms with Gasteiger partial charge in [0.1, 0.15) is 29.6 Å². The second kappa shape index (κ2) is 12.1. The molecule has 1 heterocycles. The number of fused-ring (bicyclic) bond motifs is 1. The van der Waals surface area contributed by atoms with Gasteiger partial charge in [-0.05, 0) is 36.4 Å². The maximum Gasteiger partial charge on any atom is 0.417 e. The first kappa shape index (κ1) is 25.7. The van der Waals surface area contributed by atoms with Gasteiger partial charge in [-0.1, -0.05) is 29.8 Å². The lowest BCUT2D eigenvalue weighted by Gasteiger charge is -2.14. The molecule has 2 amide bonds. The Bertz CT molecular complexity index is 1410. The van der Waals surface area contributed by atoms with Gasteiger partial charge in [0, 0.05) is 37.9 Å². The van der Waals surface area contributed by atoms with E-state index in [1.54, 1.807) is 81.0 Å². The maximum absolute atomic E-state index is 12.5. The van der Waals surface area contributed by atoms with Crippen LogP contribution in [-0.2, 0) is 4.74 Å². The van der Waals surface area contributed by atoms with E-state index in [-0.39, 0.29) is 17.5 Å². The zero-order chi connectivity index (χ0) is 26.2. The summed E-state index contributed by atoms with van der Waals surface area (Å²) in [6.45, 7) is 0.650. The Morgan fingerprint density at radius 2 is 1.76 bits per heavy atom. The number of carbonyl (C=O) groups is 2. The molecule has 4 aromatic rings. The molecule has 0 aliphatic rings. The van der Waals surface area contributed by atoms with Crippen LogP contribution >= 0.6 is 11.6 Å². The molecule has 9 nitrogen and oxygen atoms in total. The first-order valence-electron chi connectivity index (χ1n) is 11.3. The van der Waals surface area contributed by atoms with Gasteiger partial charge in [-0.15, -0.1) is 0 Å². The third kappa shape index (κ3) is 6.46. The van der Waals surface area contributed by atoms with E-state index in [1.807, 2.05) is 6.07 Å². The molecule has 0 radical (unpaired) electrons. The Labute approximate surface area is 218 Å². The van der Waals surface area contributed by atoms with Gasteiger partial charge in [-0.25, -0.2) is 4.79 Å². The fourth-order valence-electron chi connectivity index (χ4n) is 3.42. The summed E-state index contributed by atoms with van der Waals surface area (Å²) < 4.78 is 22.1. The highest BCUT2D eigenvalue weighted by atomic mass is 35.5. The van der Waals surface area contributed by atoms with Crippen molar-refractivity contribution in [2.24, 2.45) is 0 Å². The minimum Gasteiger partial charge on any atom is -0.490 e. The van der Waals surface area contributed by atoms with Crippen LogP contribution in [0.4, 0.5) is 10.5 Å². The standard InChI is InChI=1S/C27H24ClN3O6/c1-29-26(32)20-15-19-23(16-25(20)35-13-12-34-2)30-11-10-24(19)36-18-8-9-22(21(28)14-18)31-27(33)37-17-6-4-3-5-7-17/h3-11,14-16H,12-13H2,1-2H3,(H,29,32)(H,31,33). The third-order valence-corrected chi connectivity index (χ3v) is 5.49. The summed E-state index contributed by atoms with van der Waals surface area (Å²) in [5, 5.41) is 6.08. The Morgan fingerprint density at radius 3 is 2.49 bits per heavy atom. The van der Waals surface area contributed by atoms with E-state index in [0.717, 1.165) is 0 Å². The number of para-hydroxylation sites is 1. The zero-order valence-corrected chi connectivity index (χ0v) is 20.9. The molecule has 3 aromatic carbocycles. The molecule has 0 saturated heterocycles. The van der Waals surface area contributed by atoms with Crippen molar-refractivity contribution in [3.63, 3.8) is 0 Å². The Hall–Kier alpha value is -4.34. The molecule has 2 N–H and O–H groups in total. The molecule has 1 aromatic heterocycles. The second-order valence-corrected chi connectivity index (χ2v) is 8.07. The number of carbonyl (C=O) groups excluding carboxylic acids is 2.